The van der Waals surface area contributed by atoms with Crippen LogP contribution in [0.15, 0.2) is 11.5 Å². The molecule has 0 saturated heterocycles. The smallest absolute Gasteiger partial charge is 0.123 e. The van der Waals surface area contributed by atoms with Crippen LogP contribution in [0.4, 0.5) is 0 Å². The standard InChI is InChI=1S/C11H21N3/c1-4-14-9-8-13(3)11-10(14)6-5-7-12(11)2/h4-9H2,1-3H3. The van der Waals surface area contributed by atoms with E-state index in [1.165, 1.54) is 31.8 Å². The summed E-state index contributed by atoms with van der Waals surface area (Å²) in [4.78, 5) is 7.34. The molecule has 80 valence electrons. The number of hydrogen-bond acceptors (Lipinski definition) is 3. The van der Waals surface area contributed by atoms with E-state index in [2.05, 4.69) is 35.7 Å². The zero-order valence-corrected chi connectivity index (χ0v) is 9.58. The Bertz CT molecular complexity index is 241. The summed E-state index contributed by atoms with van der Waals surface area (Å²) >= 11 is 0. The molecule has 0 spiro atoms. The molecule has 0 aromatic carbocycles. The lowest BCUT2D eigenvalue weighted by atomic mass is 10.1. The molecule has 0 unspecified atom stereocenters. The van der Waals surface area contributed by atoms with Crippen LogP contribution < -0.4 is 0 Å². The van der Waals surface area contributed by atoms with Crippen LogP contribution in [0.5, 0.6) is 0 Å². The first-order valence-corrected chi connectivity index (χ1v) is 5.64. The lowest BCUT2D eigenvalue weighted by Crippen LogP contribution is -2.47. The lowest BCUT2D eigenvalue weighted by molar-refractivity contribution is 0.159. The van der Waals surface area contributed by atoms with Gasteiger partial charge >= 0.3 is 0 Å². The topological polar surface area (TPSA) is 9.72 Å². The average molecular weight is 195 g/mol. The van der Waals surface area contributed by atoms with Gasteiger partial charge in [0, 0.05) is 40.3 Å². The molecule has 0 radical (unpaired) electrons. The second-order valence-corrected chi connectivity index (χ2v) is 4.30. The van der Waals surface area contributed by atoms with Crippen LogP contribution >= 0.6 is 0 Å². The van der Waals surface area contributed by atoms with E-state index < -0.39 is 0 Å². The first-order chi connectivity index (χ1) is 6.74. The van der Waals surface area contributed by atoms with Gasteiger partial charge in [-0.3, -0.25) is 0 Å². The van der Waals surface area contributed by atoms with E-state index in [4.69, 9.17) is 0 Å². The minimum Gasteiger partial charge on any atom is -0.370 e. The largest absolute Gasteiger partial charge is 0.370 e. The fourth-order valence-electron chi connectivity index (χ4n) is 2.59. The molecule has 0 fully saturated rings. The first kappa shape index (κ1) is 9.69. The highest BCUT2D eigenvalue weighted by atomic mass is 15.4. The summed E-state index contributed by atoms with van der Waals surface area (Å²) in [7, 11) is 4.42. The molecular weight excluding hydrogens is 174 g/mol. The number of nitrogens with zero attached hydrogens (tertiary/aromatic N) is 3. The molecule has 0 aromatic heterocycles. The highest BCUT2D eigenvalue weighted by Crippen LogP contribution is 2.28. The Morgan fingerprint density at radius 3 is 2.50 bits per heavy atom. The van der Waals surface area contributed by atoms with Gasteiger partial charge in [-0.05, 0) is 19.8 Å². The molecule has 0 aliphatic carbocycles. The van der Waals surface area contributed by atoms with Crippen molar-refractivity contribution in [3.05, 3.63) is 11.5 Å². The van der Waals surface area contributed by atoms with Crippen LogP contribution in [-0.4, -0.2) is 55.0 Å². The summed E-state index contributed by atoms with van der Waals surface area (Å²) in [6.45, 7) is 6.97. The molecule has 0 N–H and O–H groups in total. The van der Waals surface area contributed by atoms with Gasteiger partial charge in [-0.1, -0.05) is 0 Å². The van der Waals surface area contributed by atoms with Gasteiger partial charge in [0.25, 0.3) is 0 Å². The highest BCUT2D eigenvalue weighted by Gasteiger charge is 2.27. The van der Waals surface area contributed by atoms with Crippen LogP contribution in [0.2, 0.25) is 0 Å². The van der Waals surface area contributed by atoms with Gasteiger partial charge in [0.05, 0.1) is 5.70 Å². The minimum atomic E-state index is 1.15. The summed E-state index contributed by atoms with van der Waals surface area (Å²) in [6, 6.07) is 0. The molecule has 0 bridgehead atoms. The van der Waals surface area contributed by atoms with E-state index in [0.717, 1.165) is 13.1 Å². The Morgan fingerprint density at radius 2 is 1.79 bits per heavy atom. The Hall–Kier alpha value is -0.860. The normalized spacial score (nSPS) is 22.9. The third kappa shape index (κ3) is 1.45. The third-order valence-corrected chi connectivity index (χ3v) is 3.36. The molecule has 2 rings (SSSR count). The maximum atomic E-state index is 2.53. The molecule has 3 heteroatoms. The maximum absolute atomic E-state index is 2.53. The second-order valence-electron chi connectivity index (χ2n) is 4.30. The van der Waals surface area contributed by atoms with Crippen LogP contribution in [-0.2, 0) is 0 Å². The Balaban J connectivity index is 2.31. The van der Waals surface area contributed by atoms with Gasteiger partial charge in [0.1, 0.15) is 5.82 Å². The number of rotatable bonds is 1. The van der Waals surface area contributed by atoms with Crippen LogP contribution in [0.1, 0.15) is 19.8 Å². The molecule has 0 saturated carbocycles. The van der Waals surface area contributed by atoms with Crippen molar-refractivity contribution in [1.29, 1.82) is 0 Å². The quantitative estimate of drug-likeness (QED) is 0.621. The highest BCUT2D eigenvalue weighted by molar-refractivity contribution is 5.16. The second kappa shape index (κ2) is 3.71. The number of hydrogen-bond donors (Lipinski definition) is 0. The zero-order valence-electron chi connectivity index (χ0n) is 9.58. The molecule has 0 atom stereocenters. The van der Waals surface area contributed by atoms with E-state index in [9.17, 15) is 0 Å². The Labute approximate surface area is 87.0 Å². The van der Waals surface area contributed by atoms with Crippen LogP contribution in [0.3, 0.4) is 0 Å². The summed E-state index contributed by atoms with van der Waals surface area (Å²) < 4.78 is 0. The summed E-state index contributed by atoms with van der Waals surface area (Å²) in [5.41, 5.74) is 1.56. The van der Waals surface area contributed by atoms with Crippen molar-refractivity contribution >= 4 is 0 Å². The number of allylic oxidation sites excluding steroid dienone is 1. The van der Waals surface area contributed by atoms with Crippen molar-refractivity contribution in [1.82, 2.24) is 14.7 Å². The molecule has 2 heterocycles. The van der Waals surface area contributed by atoms with Crippen molar-refractivity contribution in [3.63, 3.8) is 0 Å². The van der Waals surface area contributed by atoms with Gasteiger partial charge < -0.3 is 14.7 Å². The summed E-state index contributed by atoms with van der Waals surface area (Å²) in [5.74, 6) is 1.46. The van der Waals surface area contributed by atoms with Crippen LogP contribution in [0, 0.1) is 0 Å². The van der Waals surface area contributed by atoms with Crippen molar-refractivity contribution in [2.24, 2.45) is 0 Å². The zero-order chi connectivity index (χ0) is 10.1. The first-order valence-electron chi connectivity index (χ1n) is 5.64. The molecule has 14 heavy (non-hydrogen) atoms. The lowest BCUT2D eigenvalue weighted by Gasteiger charge is -2.44. The van der Waals surface area contributed by atoms with Crippen molar-refractivity contribution in [2.45, 2.75) is 19.8 Å². The van der Waals surface area contributed by atoms with Gasteiger partial charge in [-0.15, -0.1) is 0 Å². The van der Waals surface area contributed by atoms with E-state index in [-0.39, 0.29) is 0 Å². The van der Waals surface area contributed by atoms with E-state index in [1.807, 2.05) is 0 Å². The SMILES string of the molecule is CCN1CCN(C)C2=C1CCCN2C. The van der Waals surface area contributed by atoms with Gasteiger partial charge in [-0.25, -0.2) is 0 Å². The summed E-state index contributed by atoms with van der Waals surface area (Å²) in [6.07, 6.45) is 2.57. The van der Waals surface area contributed by atoms with Crippen molar-refractivity contribution in [3.8, 4) is 0 Å². The molecule has 2 aliphatic heterocycles. The van der Waals surface area contributed by atoms with Crippen LogP contribution in [0.25, 0.3) is 0 Å². The number of likely N-dealkylation sites (N-methyl/N-ethyl adjacent to an activating group) is 2. The van der Waals surface area contributed by atoms with Crippen molar-refractivity contribution < 1.29 is 0 Å². The predicted molar refractivity (Wildman–Crippen MR) is 58.8 cm³/mol. The molecule has 0 amide bonds. The van der Waals surface area contributed by atoms with E-state index in [1.54, 1.807) is 5.70 Å². The minimum absolute atomic E-state index is 1.15. The predicted octanol–water partition coefficient (Wildman–Crippen LogP) is 1.15. The van der Waals surface area contributed by atoms with Gasteiger partial charge in [-0.2, -0.15) is 0 Å². The average Bonchev–Trinajstić information content (AvgIpc) is 2.18. The fourth-order valence-corrected chi connectivity index (χ4v) is 2.59. The molecular formula is C11H21N3. The Kier molecular flexibility index (Phi) is 2.57. The maximum Gasteiger partial charge on any atom is 0.123 e. The third-order valence-electron chi connectivity index (χ3n) is 3.36. The monoisotopic (exact) mass is 195 g/mol. The van der Waals surface area contributed by atoms with E-state index in [0.29, 0.717) is 0 Å². The Morgan fingerprint density at radius 1 is 1.07 bits per heavy atom. The molecule has 2 aliphatic rings. The van der Waals surface area contributed by atoms with E-state index >= 15 is 0 Å². The van der Waals surface area contributed by atoms with Gasteiger partial charge in [0.15, 0.2) is 0 Å². The summed E-state index contributed by atoms with van der Waals surface area (Å²) in [5, 5.41) is 0. The molecule has 0 aromatic rings. The molecule has 3 nitrogen and oxygen atoms in total. The van der Waals surface area contributed by atoms with Crippen molar-refractivity contribution in [2.75, 3.05) is 40.3 Å². The fraction of sp³-hybridized carbons (Fsp3) is 0.818. The van der Waals surface area contributed by atoms with Gasteiger partial charge in [0.2, 0.25) is 0 Å².